The van der Waals surface area contributed by atoms with E-state index in [2.05, 4.69) is 25.5 Å². The highest BCUT2D eigenvalue weighted by molar-refractivity contribution is 5.92. The maximum absolute atomic E-state index is 10.2. The Bertz CT molecular complexity index is 848. The van der Waals surface area contributed by atoms with E-state index in [-0.39, 0.29) is 18.1 Å². The molecule has 0 amide bonds. The molecule has 1 aromatic carbocycles. The maximum Gasteiger partial charge on any atom is 0.222 e. The second-order valence-corrected chi connectivity index (χ2v) is 6.24. The molecule has 0 saturated heterocycles. The van der Waals surface area contributed by atoms with Crippen molar-refractivity contribution in [1.82, 2.24) is 20.2 Å². The molecule has 3 aromatic rings. The van der Waals surface area contributed by atoms with Gasteiger partial charge in [-0.3, -0.25) is 5.10 Å². The minimum Gasteiger partial charge on any atom is -0.391 e. The van der Waals surface area contributed by atoms with Crippen molar-refractivity contribution in [3.63, 3.8) is 0 Å². The van der Waals surface area contributed by atoms with Crippen LogP contribution >= 0.6 is 0 Å². The van der Waals surface area contributed by atoms with Gasteiger partial charge in [0.25, 0.3) is 0 Å². The quantitative estimate of drug-likeness (QED) is 0.588. The normalized spacial score (nSPS) is 21.0. The Balaban J connectivity index is 1.72. The molecule has 124 valence electrons. The zero-order chi connectivity index (χ0) is 16.5. The van der Waals surface area contributed by atoms with Gasteiger partial charge in [0.2, 0.25) is 5.95 Å². The van der Waals surface area contributed by atoms with E-state index in [1.54, 1.807) is 6.20 Å². The van der Waals surface area contributed by atoms with Crippen LogP contribution in [0.3, 0.4) is 0 Å². The van der Waals surface area contributed by atoms with Crippen molar-refractivity contribution in [3.8, 4) is 11.3 Å². The van der Waals surface area contributed by atoms with Gasteiger partial charge in [-0.15, -0.1) is 0 Å². The second-order valence-electron chi connectivity index (χ2n) is 6.24. The molecule has 1 aliphatic rings. The third-order valence-corrected chi connectivity index (χ3v) is 4.58. The summed E-state index contributed by atoms with van der Waals surface area (Å²) in [5.74, 6) is 0.900. The number of nitrogens with one attached hydrogen (secondary N) is 2. The lowest BCUT2D eigenvalue weighted by molar-refractivity contribution is 0.116. The predicted octanol–water partition coefficient (Wildman–Crippen LogP) is 2.32. The van der Waals surface area contributed by atoms with Gasteiger partial charge in [0.05, 0.1) is 23.4 Å². The van der Waals surface area contributed by atoms with Gasteiger partial charge in [0.1, 0.15) is 5.82 Å². The molecular weight excluding hydrogens is 304 g/mol. The Kier molecular flexibility index (Phi) is 3.78. The van der Waals surface area contributed by atoms with Gasteiger partial charge in [0.15, 0.2) is 0 Å². The smallest absolute Gasteiger partial charge is 0.222 e. The number of H-pyrrole nitrogens is 1. The fraction of sp³-hybridized carbons (Fsp3) is 0.353. The third kappa shape index (κ3) is 2.78. The van der Waals surface area contributed by atoms with Crippen LogP contribution in [-0.2, 0) is 0 Å². The number of hydrogen-bond donors (Lipinski definition) is 4. The predicted molar refractivity (Wildman–Crippen MR) is 93.4 cm³/mol. The second kappa shape index (κ2) is 6.09. The van der Waals surface area contributed by atoms with E-state index < -0.39 is 0 Å². The van der Waals surface area contributed by atoms with Crippen LogP contribution in [0.4, 0.5) is 11.8 Å². The Hall–Kier alpha value is -2.67. The monoisotopic (exact) mass is 324 g/mol. The fourth-order valence-electron chi connectivity index (χ4n) is 3.30. The summed E-state index contributed by atoms with van der Waals surface area (Å²) in [6.45, 7) is 0. The highest BCUT2D eigenvalue weighted by Gasteiger charge is 2.24. The molecule has 0 aliphatic heterocycles. The first-order chi connectivity index (χ1) is 11.7. The summed E-state index contributed by atoms with van der Waals surface area (Å²) in [7, 11) is 0. The molecular formula is C17H20N6O. The average Bonchev–Trinajstić information content (AvgIpc) is 3.11. The number of rotatable bonds is 3. The number of aromatic amines is 1. The molecule has 1 fully saturated rings. The molecule has 0 bridgehead atoms. The first-order valence-corrected chi connectivity index (χ1v) is 8.22. The van der Waals surface area contributed by atoms with Crippen LogP contribution in [0.15, 0.2) is 30.5 Å². The Labute approximate surface area is 139 Å². The van der Waals surface area contributed by atoms with Gasteiger partial charge in [-0.2, -0.15) is 10.1 Å². The minimum absolute atomic E-state index is 0.00327. The Morgan fingerprint density at radius 3 is 2.83 bits per heavy atom. The molecule has 7 nitrogen and oxygen atoms in total. The highest BCUT2D eigenvalue weighted by atomic mass is 16.3. The van der Waals surface area contributed by atoms with Crippen LogP contribution in [0.5, 0.6) is 0 Å². The summed E-state index contributed by atoms with van der Waals surface area (Å²) in [6, 6.07) is 7.84. The number of nitrogens with zero attached hydrogens (tertiary/aromatic N) is 3. The Morgan fingerprint density at radius 1 is 1.17 bits per heavy atom. The molecule has 7 heteroatoms. The number of aromatic nitrogens is 4. The SMILES string of the molecule is Nc1nc(N[C@H]2CCCC[C@H]2O)c2ccc(-c3ccn[nH]3)cc2n1. The topological polar surface area (TPSA) is 113 Å². The van der Waals surface area contributed by atoms with Gasteiger partial charge in [-0.05, 0) is 31.0 Å². The van der Waals surface area contributed by atoms with Crippen molar-refractivity contribution in [3.05, 3.63) is 30.5 Å². The van der Waals surface area contributed by atoms with Crippen LogP contribution in [0.25, 0.3) is 22.2 Å². The summed E-state index contributed by atoms with van der Waals surface area (Å²) in [6.07, 6.45) is 5.29. The first-order valence-electron chi connectivity index (χ1n) is 8.22. The molecule has 5 N–H and O–H groups in total. The highest BCUT2D eigenvalue weighted by Crippen LogP contribution is 2.29. The standard InChI is InChI=1S/C17H20N6O/c18-17-21-14-9-10(12-7-8-19-23-12)5-6-11(14)16(22-17)20-13-3-1-2-4-15(13)24/h5-9,13,15,24H,1-4H2,(H,19,23)(H3,18,20,21,22)/t13-,15+/m0/s1. The molecule has 2 aromatic heterocycles. The number of nitrogens with two attached hydrogens (primary N) is 1. The number of aliphatic hydroxyl groups excluding tert-OH is 1. The summed E-state index contributed by atoms with van der Waals surface area (Å²) < 4.78 is 0. The molecule has 1 saturated carbocycles. The molecule has 1 aliphatic carbocycles. The van der Waals surface area contributed by atoms with Crippen molar-refractivity contribution < 1.29 is 5.11 Å². The number of hydrogen-bond acceptors (Lipinski definition) is 6. The van der Waals surface area contributed by atoms with Crippen LogP contribution in [0, 0.1) is 0 Å². The lowest BCUT2D eigenvalue weighted by atomic mass is 9.92. The summed E-state index contributed by atoms with van der Waals surface area (Å²) in [5.41, 5.74) is 8.56. The minimum atomic E-state index is -0.353. The van der Waals surface area contributed by atoms with Crippen molar-refractivity contribution in [2.45, 2.75) is 37.8 Å². The fourth-order valence-corrected chi connectivity index (χ4v) is 3.30. The van der Waals surface area contributed by atoms with Crippen LogP contribution in [0.2, 0.25) is 0 Å². The zero-order valence-corrected chi connectivity index (χ0v) is 13.2. The zero-order valence-electron chi connectivity index (χ0n) is 13.2. The molecule has 0 spiro atoms. The van der Waals surface area contributed by atoms with Crippen LogP contribution < -0.4 is 11.1 Å². The van der Waals surface area contributed by atoms with Crippen LogP contribution in [0.1, 0.15) is 25.7 Å². The van der Waals surface area contributed by atoms with E-state index in [0.29, 0.717) is 5.82 Å². The van der Waals surface area contributed by atoms with E-state index in [4.69, 9.17) is 5.73 Å². The van der Waals surface area contributed by atoms with Gasteiger partial charge < -0.3 is 16.2 Å². The third-order valence-electron chi connectivity index (χ3n) is 4.58. The number of aliphatic hydroxyl groups is 1. The van der Waals surface area contributed by atoms with Crippen molar-refractivity contribution in [2.75, 3.05) is 11.1 Å². The number of nitrogen functional groups attached to an aromatic ring is 1. The van der Waals surface area contributed by atoms with E-state index >= 15 is 0 Å². The number of anilines is 2. The van der Waals surface area contributed by atoms with Crippen molar-refractivity contribution >= 4 is 22.7 Å². The molecule has 4 rings (SSSR count). The summed E-state index contributed by atoms with van der Waals surface area (Å²) in [5, 5.41) is 21.4. The van der Waals surface area contributed by atoms with Gasteiger partial charge in [0, 0.05) is 17.1 Å². The average molecular weight is 324 g/mol. The summed E-state index contributed by atoms with van der Waals surface area (Å²) in [4.78, 5) is 8.70. The molecule has 2 atom stereocenters. The van der Waals surface area contributed by atoms with Crippen LogP contribution in [-0.4, -0.2) is 37.4 Å². The lowest BCUT2D eigenvalue weighted by Crippen LogP contribution is -2.36. The van der Waals surface area contributed by atoms with Gasteiger partial charge >= 0.3 is 0 Å². The molecule has 0 unspecified atom stereocenters. The van der Waals surface area contributed by atoms with E-state index in [1.807, 2.05) is 24.3 Å². The number of fused-ring (bicyclic) bond motifs is 1. The molecule has 0 radical (unpaired) electrons. The van der Waals surface area contributed by atoms with Gasteiger partial charge in [-0.1, -0.05) is 18.9 Å². The summed E-state index contributed by atoms with van der Waals surface area (Å²) >= 11 is 0. The molecule has 2 heterocycles. The lowest BCUT2D eigenvalue weighted by Gasteiger charge is -2.29. The van der Waals surface area contributed by atoms with E-state index in [0.717, 1.165) is 47.8 Å². The van der Waals surface area contributed by atoms with Gasteiger partial charge in [-0.25, -0.2) is 4.98 Å². The van der Waals surface area contributed by atoms with Crippen molar-refractivity contribution in [1.29, 1.82) is 0 Å². The Morgan fingerprint density at radius 2 is 2.04 bits per heavy atom. The van der Waals surface area contributed by atoms with E-state index in [9.17, 15) is 5.11 Å². The van der Waals surface area contributed by atoms with Crippen molar-refractivity contribution in [2.24, 2.45) is 0 Å². The first kappa shape index (κ1) is 14.9. The maximum atomic E-state index is 10.2. The molecule has 24 heavy (non-hydrogen) atoms. The largest absolute Gasteiger partial charge is 0.391 e. The number of benzene rings is 1. The van der Waals surface area contributed by atoms with E-state index in [1.165, 1.54) is 0 Å².